The van der Waals surface area contributed by atoms with Crippen molar-refractivity contribution >= 4 is 5.97 Å². The van der Waals surface area contributed by atoms with E-state index in [0.29, 0.717) is 6.61 Å². The van der Waals surface area contributed by atoms with E-state index in [9.17, 15) is 4.79 Å². The number of rotatable bonds is 6. The van der Waals surface area contributed by atoms with E-state index in [1.807, 2.05) is 32.0 Å². The fourth-order valence-corrected chi connectivity index (χ4v) is 1.85. The van der Waals surface area contributed by atoms with Crippen LogP contribution < -0.4 is 0 Å². The lowest BCUT2D eigenvalue weighted by Crippen LogP contribution is -2.21. The lowest BCUT2D eigenvalue weighted by molar-refractivity contribution is -0.138. The summed E-state index contributed by atoms with van der Waals surface area (Å²) in [6.07, 6.45) is 0.994. The Kier molecular flexibility index (Phi) is 4.70. The minimum atomic E-state index is -0.766. The van der Waals surface area contributed by atoms with Gasteiger partial charge in [0.1, 0.15) is 0 Å². The summed E-state index contributed by atoms with van der Waals surface area (Å²) in [5.74, 6) is -0.766. The third-order valence-electron chi connectivity index (χ3n) is 2.90. The summed E-state index contributed by atoms with van der Waals surface area (Å²) < 4.78 is 5.04. The van der Waals surface area contributed by atoms with E-state index in [1.165, 1.54) is 5.56 Å². The van der Waals surface area contributed by atoms with Gasteiger partial charge in [0.15, 0.2) is 0 Å². The van der Waals surface area contributed by atoms with Gasteiger partial charge in [-0.15, -0.1) is 0 Å². The topological polar surface area (TPSA) is 46.5 Å². The molecule has 0 radical (unpaired) electrons. The lowest BCUT2D eigenvalue weighted by Gasteiger charge is -2.23. The quantitative estimate of drug-likeness (QED) is 0.826. The maximum atomic E-state index is 10.8. The van der Waals surface area contributed by atoms with Crippen molar-refractivity contribution in [3.63, 3.8) is 0 Å². The van der Waals surface area contributed by atoms with Crippen LogP contribution in [0, 0.1) is 0 Å². The molecule has 3 nitrogen and oxygen atoms in total. The zero-order valence-electron chi connectivity index (χ0n) is 10.7. The van der Waals surface area contributed by atoms with Crippen molar-refractivity contribution in [3.05, 3.63) is 35.4 Å². The Morgan fingerprint density at radius 3 is 2.71 bits per heavy atom. The standard InChI is InChI=1S/C14H20O3/c1-14(2,10-13(15)16)12-6-4-5-11(9-12)7-8-17-3/h4-6,9H,7-8,10H2,1-3H3,(H,15,16). The van der Waals surface area contributed by atoms with Crippen LogP contribution in [-0.4, -0.2) is 24.8 Å². The smallest absolute Gasteiger partial charge is 0.304 e. The molecule has 0 aliphatic heterocycles. The molecule has 3 heteroatoms. The summed E-state index contributed by atoms with van der Waals surface area (Å²) in [6, 6.07) is 8.07. The summed E-state index contributed by atoms with van der Waals surface area (Å²) in [5.41, 5.74) is 1.91. The van der Waals surface area contributed by atoms with Gasteiger partial charge in [-0.25, -0.2) is 0 Å². The first-order chi connectivity index (χ1) is 7.95. The third kappa shape index (κ3) is 4.19. The summed E-state index contributed by atoms with van der Waals surface area (Å²) in [4.78, 5) is 10.8. The number of benzene rings is 1. The van der Waals surface area contributed by atoms with Crippen LogP contribution in [0.25, 0.3) is 0 Å². The Labute approximate surface area is 102 Å². The molecular weight excluding hydrogens is 216 g/mol. The number of hydrogen-bond acceptors (Lipinski definition) is 2. The van der Waals surface area contributed by atoms with Crippen LogP contribution in [0.1, 0.15) is 31.4 Å². The van der Waals surface area contributed by atoms with Gasteiger partial charge in [0.25, 0.3) is 0 Å². The SMILES string of the molecule is COCCc1cccc(C(C)(C)CC(=O)O)c1. The molecule has 0 saturated heterocycles. The molecule has 0 saturated carbocycles. The molecule has 0 aliphatic carbocycles. The molecule has 0 amide bonds. The summed E-state index contributed by atoms with van der Waals surface area (Å²) in [5, 5.41) is 8.90. The second-order valence-electron chi connectivity index (χ2n) is 4.90. The first-order valence-electron chi connectivity index (χ1n) is 5.76. The van der Waals surface area contributed by atoms with Gasteiger partial charge in [-0.05, 0) is 17.5 Å². The minimum absolute atomic E-state index is 0.140. The van der Waals surface area contributed by atoms with E-state index < -0.39 is 5.97 Å². The highest BCUT2D eigenvalue weighted by molar-refractivity contribution is 5.68. The van der Waals surface area contributed by atoms with Crippen molar-refractivity contribution in [3.8, 4) is 0 Å². The maximum Gasteiger partial charge on any atom is 0.304 e. The van der Waals surface area contributed by atoms with Gasteiger partial charge < -0.3 is 9.84 Å². The number of carbonyl (C=O) groups is 1. The molecular formula is C14H20O3. The van der Waals surface area contributed by atoms with Gasteiger partial charge in [0.2, 0.25) is 0 Å². The number of hydrogen-bond donors (Lipinski definition) is 1. The molecule has 0 aromatic heterocycles. The normalized spacial score (nSPS) is 11.5. The van der Waals surface area contributed by atoms with Crippen molar-refractivity contribution in [2.24, 2.45) is 0 Å². The fraction of sp³-hybridized carbons (Fsp3) is 0.500. The second-order valence-corrected chi connectivity index (χ2v) is 4.90. The van der Waals surface area contributed by atoms with E-state index >= 15 is 0 Å². The van der Waals surface area contributed by atoms with Gasteiger partial charge in [-0.3, -0.25) is 4.79 Å². The van der Waals surface area contributed by atoms with Crippen LogP contribution in [0.15, 0.2) is 24.3 Å². The molecule has 1 rings (SSSR count). The number of carboxylic acid groups (broad SMARTS) is 1. The second kappa shape index (κ2) is 5.82. The largest absolute Gasteiger partial charge is 0.481 e. The van der Waals surface area contributed by atoms with Crippen molar-refractivity contribution in [2.75, 3.05) is 13.7 Å². The number of carboxylic acids is 1. The molecule has 0 spiro atoms. The predicted molar refractivity (Wildman–Crippen MR) is 67.3 cm³/mol. The van der Waals surface area contributed by atoms with Crippen molar-refractivity contribution in [1.29, 1.82) is 0 Å². The van der Waals surface area contributed by atoms with Crippen LogP contribution in [0.4, 0.5) is 0 Å². The first-order valence-corrected chi connectivity index (χ1v) is 5.76. The Hall–Kier alpha value is -1.35. The zero-order valence-corrected chi connectivity index (χ0v) is 10.7. The Morgan fingerprint density at radius 1 is 1.41 bits per heavy atom. The zero-order chi connectivity index (χ0) is 12.9. The lowest BCUT2D eigenvalue weighted by atomic mass is 9.81. The molecule has 0 unspecified atom stereocenters. The van der Waals surface area contributed by atoms with Crippen molar-refractivity contribution in [2.45, 2.75) is 32.1 Å². The molecule has 0 bridgehead atoms. The molecule has 17 heavy (non-hydrogen) atoms. The monoisotopic (exact) mass is 236 g/mol. The molecule has 1 aromatic carbocycles. The van der Waals surface area contributed by atoms with Crippen LogP contribution in [0.2, 0.25) is 0 Å². The highest BCUT2D eigenvalue weighted by Crippen LogP contribution is 2.27. The van der Waals surface area contributed by atoms with Crippen molar-refractivity contribution < 1.29 is 14.6 Å². The molecule has 0 fully saturated rings. The molecule has 1 N–H and O–H groups in total. The highest BCUT2D eigenvalue weighted by Gasteiger charge is 2.24. The first kappa shape index (κ1) is 13.7. The molecule has 0 atom stereocenters. The Bertz CT molecular complexity index is 383. The van der Waals surface area contributed by atoms with Crippen LogP contribution in [0.5, 0.6) is 0 Å². The summed E-state index contributed by atoms with van der Waals surface area (Å²) in [7, 11) is 1.68. The number of methoxy groups -OCH3 is 1. The van der Waals surface area contributed by atoms with Gasteiger partial charge in [-0.2, -0.15) is 0 Å². The Balaban J connectivity index is 2.86. The fourth-order valence-electron chi connectivity index (χ4n) is 1.85. The summed E-state index contributed by atoms with van der Waals surface area (Å²) >= 11 is 0. The van der Waals surface area contributed by atoms with Crippen LogP contribution in [-0.2, 0) is 21.4 Å². The number of ether oxygens (including phenoxy) is 1. The third-order valence-corrected chi connectivity index (χ3v) is 2.90. The van der Waals surface area contributed by atoms with Gasteiger partial charge in [-0.1, -0.05) is 38.1 Å². The van der Waals surface area contributed by atoms with E-state index in [-0.39, 0.29) is 11.8 Å². The Morgan fingerprint density at radius 2 is 2.12 bits per heavy atom. The predicted octanol–water partition coefficient (Wildman–Crippen LogP) is 2.63. The molecule has 0 heterocycles. The van der Waals surface area contributed by atoms with E-state index in [2.05, 4.69) is 6.07 Å². The summed E-state index contributed by atoms with van der Waals surface area (Å²) in [6.45, 7) is 4.59. The molecule has 94 valence electrons. The molecule has 1 aromatic rings. The van der Waals surface area contributed by atoms with E-state index in [4.69, 9.17) is 9.84 Å². The van der Waals surface area contributed by atoms with Crippen LogP contribution >= 0.6 is 0 Å². The maximum absolute atomic E-state index is 10.8. The van der Waals surface area contributed by atoms with E-state index in [0.717, 1.165) is 12.0 Å². The van der Waals surface area contributed by atoms with E-state index in [1.54, 1.807) is 7.11 Å². The molecule has 0 aliphatic rings. The van der Waals surface area contributed by atoms with Gasteiger partial charge in [0.05, 0.1) is 13.0 Å². The highest BCUT2D eigenvalue weighted by atomic mass is 16.5. The van der Waals surface area contributed by atoms with Crippen LogP contribution in [0.3, 0.4) is 0 Å². The average molecular weight is 236 g/mol. The van der Waals surface area contributed by atoms with Crippen molar-refractivity contribution in [1.82, 2.24) is 0 Å². The number of aliphatic carboxylic acids is 1. The average Bonchev–Trinajstić information content (AvgIpc) is 2.25. The minimum Gasteiger partial charge on any atom is -0.481 e. The van der Waals surface area contributed by atoms with Gasteiger partial charge in [0, 0.05) is 12.5 Å². The van der Waals surface area contributed by atoms with Gasteiger partial charge >= 0.3 is 5.97 Å².